The minimum absolute atomic E-state index is 0.0949. The van der Waals surface area contributed by atoms with Crippen LogP contribution in [-0.4, -0.2) is 15.0 Å². The molecular weight excluding hydrogens is 284 g/mol. The van der Waals surface area contributed by atoms with Crippen LogP contribution in [0, 0.1) is 25.2 Å². The van der Waals surface area contributed by atoms with Crippen LogP contribution >= 0.6 is 0 Å². The summed E-state index contributed by atoms with van der Waals surface area (Å²) in [6.07, 6.45) is 0. The van der Waals surface area contributed by atoms with Crippen molar-refractivity contribution in [3.8, 4) is 0 Å². The third kappa shape index (κ3) is 4.28. The van der Waals surface area contributed by atoms with E-state index in [9.17, 15) is 8.42 Å². The van der Waals surface area contributed by atoms with Gasteiger partial charge in [0.15, 0.2) is 0 Å². The van der Waals surface area contributed by atoms with Gasteiger partial charge in [-0.3, -0.25) is 0 Å². The topological polar surface area (TPSA) is 72.2 Å². The van der Waals surface area contributed by atoms with Gasteiger partial charge in [-0.05, 0) is 47.9 Å². The van der Waals surface area contributed by atoms with E-state index >= 15 is 0 Å². The molecule has 0 spiro atoms. The molecule has 21 heavy (non-hydrogen) atoms. The fourth-order valence-electron chi connectivity index (χ4n) is 1.95. The summed E-state index contributed by atoms with van der Waals surface area (Å²) in [6, 6.07) is 3.57. The molecule has 0 bridgehead atoms. The smallest absolute Gasteiger partial charge is 0.240 e. The van der Waals surface area contributed by atoms with Gasteiger partial charge in [0, 0.05) is 13.1 Å². The molecule has 0 heterocycles. The molecule has 0 atom stereocenters. The van der Waals surface area contributed by atoms with Gasteiger partial charge in [-0.2, -0.15) is 0 Å². The lowest BCUT2D eigenvalue weighted by Gasteiger charge is -2.29. The summed E-state index contributed by atoms with van der Waals surface area (Å²) in [7, 11) is -3.51. The van der Waals surface area contributed by atoms with Crippen LogP contribution in [0.2, 0.25) is 0 Å². The lowest BCUT2D eigenvalue weighted by molar-refractivity contribution is 0.252. The number of nitrogens with two attached hydrogens (primary N) is 1. The van der Waals surface area contributed by atoms with Crippen molar-refractivity contribution in [3.05, 3.63) is 28.8 Å². The molecule has 0 amide bonds. The van der Waals surface area contributed by atoms with Crippen LogP contribution in [0.3, 0.4) is 0 Å². The quantitative estimate of drug-likeness (QED) is 0.848. The van der Waals surface area contributed by atoms with E-state index in [1.54, 1.807) is 6.07 Å². The van der Waals surface area contributed by atoms with Crippen molar-refractivity contribution in [1.82, 2.24) is 4.72 Å². The molecule has 120 valence electrons. The van der Waals surface area contributed by atoms with E-state index in [1.165, 1.54) is 0 Å². The highest BCUT2D eigenvalue weighted by atomic mass is 32.2. The standard InChI is InChI=1S/C16H28N2O2S/c1-11(2)16(5,6)10-18-21(19,20)15-8-14(9-17)12(3)7-13(15)4/h7-8,11,18H,9-10,17H2,1-6H3. The zero-order valence-electron chi connectivity index (χ0n) is 13.9. The highest BCUT2D eigenvalue weighted by Gasteiger charge is 2.26. The van der Waals surface area contributed by atoms with Gasteiger partial charge >= 0.3 is 0 Å². The monoisotopic (exact) mass is 312 g/mol. The second-order valence-corrected chi connectivity index (χ2v) is 8.45. The van der Waals surface area contributed by atoms with Crippen molar-refractivity contribution in [2.45, 2.75) is 53.0 Å². The van der Waals surface area contributed by atoms with Crippen molar-refractivity contribution in [3.63, 3.8) is 0 Å². The molecule has 5 heteroatoms. The number of rotatable bonds is 6. The van der Waals surface area contributed by atoms with Crippen LogP contribution in [0.4, 0.5) is 0 Å². The highest BCUT2D eigenvalue weighted by Crippen LogP contribution is 2.26. The fourth-order valence-corrected chi connectivity index (χ4v) is 3.44. The van der Waals surface area contributed by atoms with Crippen molar-refractivity contribution in [2.75, 3.05) is 6.54 Å². The first-order valence-electron chi connectivity index (χ1n) is 7.31. The molecule has 0 saturated carbocycles. The molecule has 1 rings (SSSR count). The Morgan fingerprint density at radius 2 is 1.76 bits per heavy atom. The molecule has 0 fully saturated rings. The predicted molar refractivity (Wildman–Crippen MR) is 87.6 cm³/mol. The van der Waals surface area contributed by atoms with E-state index in [0.717, 1.165) is 16.7 Å². The van der Waals surface area contributed by atoms with Crippen molar-refractivity contribution < 1.29 is 8.42 Å². The molecule has 1 aromatic rings. The summed E-state index contributed by atoms with van der Waals surface area (Å²) in [5.74, 6) is 0.388. The SMILES string of the molecule is Cc1cc(C)c(S(=O)(=O)NCC(C)(C)C(C)C)cc1CN. The second-order valence-electron chi connectivity index (χ2n) is 6.72. The van der Waals surface area contributed by atoms with Gasteiger partial charge in [0.1, 0.15) is 0 Å². The first-order chi connectivity index (χ1) is 9.51. The van der Waals surface area contributed by atoms with E-state index in [1.807, 2.05) is 19.9 Å². The largest absolute Gasteiger partial charge is 0.326 e. The van der Waals surface area contributed by atoms with E-state index < -0.39 is 10.0 Å². The lowest BCUT2D eigenvalue weighted by Crippen LogP contribution is -2.37. The molecule has 4 nitrogen and oxygen atoms in total. The number of hydrogen-bond donors (Lipinski definition) is 2. The average molecular weight is 312 g/mol. The Kier molecular flexibility index (Phi) is 5.58. The van der Waals surface area contributed by atoms with Gasteiger partial charge in [0.2, 0.25) is 10.0 Å². The maximum atomic E-state index is 12.5. The first kappa shape index (κ1) is 18.1. The Labute approximate surface area is 129 Å². The van der Waals surface area contributed by atoms with Gasteiger partial charge in [0.05, 0.1) is 4.90 Å². The Bertz CT molecular complexity index is 605. The number of aryl methyl sites for hydroxylation is 2. The summed E-state index contributed by atoms with van der Waals surface area (Å²) < 4.78 is 27.8. The second kappa shape index (κ2) is 6.46. The first-order valence-corrected chi connectivity index (χ1v) is 8.79. The van der Waals surface area contributed by atoms with Crippen LogP contribution < -0.4 is 10.5 Å². The van der Waals surface area contributed by atoms with Crippen LogP contribution in [-0.2, 0) is 16.6 Å². The van der Waals surface area contributed by atoms with E-state index in [0.29, 0.717) is 23.9 Å². The number of sulfonamides is 1. The lowest BCUT2D eigenvalue weighted by atomic mass is 9.81. The highest BCUT2D eigenvalue weighted by molar-refractivity contribution is 7.89. The zero-order valence-corrected chi connectivity index (χ0v) is 14.8. The molecule has 0 unspecified atom stereocenters. The minimum Gasteiger partial charge on any atom is -0.326 e. The van der Waals surface area contributed by atoms with Crippen LogP contribution in [0.1, 0.15) is 44.4 Å². The van der Waals surface area contributed by atoms with E-state index in [-0.39, 0.29) is 5.41 Å². The summed E-state index contributed by atoms with van der Waals surface area (Å²) in [4.78, 5) is 0.327. The average Bonchev–Trinajstić information content (AvgIpc) is 2.36. The maximum absolute atomic E-state index is 12.5. The molecule has 0 aliphatic heterocycles. The number of nitrogens with one attached hydrogen (secondary N) is 1. The Morgan fingerprint density at radius 1 is 1.19 bits per heavy atom. The molecule has 3 N–H and O–H groups in total. The molecule has 0 aliphatic rings. The van der Waals surface area contributed by atoms with Gasteiger partial charge in [-0.1, -0.05) is 33.8 Å². The van der Waals surface area contributed by atoms with Crippen molar-refractivity contribution in [2.24, 2.45) is 17.1 Å². The summed E-state index contributed by atoms with van der Waals surface area (Å²) in [5, 5.41) is 0. The summed E-state index contributed by atoms with van der Waals surface area (Å²) in [5.41, 5.74) is 8.22. The van der Waals surface area contributed by atoms with Crippen LogP contribution in [0.25, 0.3) is 0 Å². The predicted octanol–water partition coefficient (Wildman–Crippen LogP) is 2.72. The van der Waals surface area contributed by atoms with E-state index in [4.69, 9.17) is 5.73 Å². The normalized spacial score (nSPS) is 13.0. The van der Waals surface area contributed by atoms with Gasteiger partial charge in [0.25, 0.3) is 0 Å². The minimum atomic E-state index is -3.51. The molecule has 1 aromatic carbocycles. The van der Waals surface area contributed by atoms with Gasteiger partial charge < -0.3 is 5.73 Å². The number of hydrogen-bond acceptors (Lipinski definition) is 3. The summed E-state index contributed by atoms with van der Waals surface area (Å²) in [6.45, 7) is 12.8. The molecule has 0 radical (unpaired) electrons. The Hall–Kier alpha value is -0.910. The third-order valence-electron chi connectivity index (χ3n) is 4.42. The van der Waals surface area contributed by atoms with Crippen LogP contribution in [0.15, 0.2) is 17.0 Å². The van der Waals surface area contributed by atoms with Crippen LogP contribution in [0.5, 0.6) is 0 Å². The summed E-state index contributed by atoms with van der Waals surface area (Å²) >= 11 is 0. The maximum Gasteiger partial charge on any atom is 0.240 e. The third-order valence-corrected chi connectivity index (χ3v) is 5.97. The van der Waals surface area contributed by atoms with Crippen molar-refractivity contribution in [1.29, 1.82) is 0 Å². The Balaban J connectivity index is 3.09. The fraction of sp³-hybridized carbons (Fsp3) is 0.625. The zero-order chi connectivity index (χ0) is 16.4. The Morgan fingerprint density at radius 3 is 2.24 bits per heavy atom. The molecule has 0 aromatic heterocycles. The molecule has 0 aliphatic carbocycles. The van der Waals surface area contributed by atoms with Crippen molar-refractivity contribution >= 4 is 10.0 Å². The van der Waals surface area contributed by atoms with Gasteiger partial charge in [-0.15, -0.1) is 0 Å². The number of benzene rings is 1. The van der Waals surface area contributed by atoms with E-state index in [2.05, 4.69) is 32.4 Å². The molecule has 0 saturated heterocycles. The van der Waals surface area contributed by atoms with Gasteiger partial charge in [-0.25, -0.2) is 13.1 Å². The molecular formula is C16H28N2O2S.